The third-order valence-corrected chi connectivity index (χ3v) is 5.84. The summed E-state index contributed by atoms with van der Waals surface area (Å²) in [6.45, 7) is 6.99. The molecule has 0 spiro atoms. The molecule has 11 nitrogen and oxygen atoms in total. The van der Waals surface area contributed by atoms with E-state index in [4.69, 9.17) is 22.9 Å². The van der Waals surface area contributed by atoms with Crippen molar-refractivity contribution in [3.63, 3.8) is 0 Å². The molecule has 0 aliphatic heterocycles. The summed E-state index contributed by atoms with van der Waals surface area (Å²) in [5, 5.41) is 0. The Morgan fingerprint density at radius 1 is 0.962 bits per heavy atom. The van der Waals surface area contributed by atoms with Gasteiger partial charge in [0, 0.05) is 5.57 Å². The molecule has 152 valence electrons. The van der Waals surface area contributed by atoms with Crippen LogP contribution >= 0.6 is 7.60 Å². The lowest BCUT2D eigenvalue weighted by molar-refractivity contribution is -0.134. The molecule has 0 saturated carbocycles. The molecular weight excluding hydrogens is 415 g/mol. The molecule has 0 saturated heterocycles. The molecule has 0 rings (SSSR count). The first kappa shape index (κ1) is 24.9. The van der Waals surface area contributed by atoms with Crippen LogP contribution in [0.5, 0.6) is 0 Å². The van der Waals surface area contributed by atoms with Gasteiger partial charge in [0.25, 0.3) is 20.2 Å². The van der Waals surface area contributed by atoms with Gasteiger partial charge in [0.1, 0.15) is 0 Å². The Morgan fingerprint density at radius 3 is 1.65 bits per heavy atom. The molecule has 0 aromatic rings. The predicted octanol–water partition coefficient (Wildman–Crippen LogP) is 1.36. The van der Waals surface area contributed by atoms with Crippen molar-refractivity contribution >= 4 is 33.8 Å². The fourth-order valence-corrected chi connectivity index (χ4v) is 3.54. The van der Waals surface area contributed by atoms with Crippen molar-refractivity contribution in [3.05, 3.63) is 24.2 Å². The summed E-state index contributed by atoms with van der Waals surface area (Å²) < 4.78 is 87.0. The van der Waals surface area contributed by atoms with E-state index in [1.165, 1.54) is 6.92 Å². The molecule has 0 heterocycles. The molecule has 0 aliphatic carbocycles. The zero-order valence-electron chi connectivity index (χ0n) is 14.0. The highest BCUT2D eigenvalue weighted by Gasteiger charge is 2.33. The Bertz CT molecular complexity index is 738. The number of carbonyl (C=O) groups excluding carboxylic acids is 1. The Kier molecular flexibility index (Phi) is 9.88. The van der Waals surface area contributed by atoms with Crippen LogP contribution in [0.15, 0.2) is 24.2 Å². The number of carbonyl (C=O) groups is 1. The third kappa shape index (κ3) is 11.5. The normalized spacial score (nSPS) is 12.6. The van der Waals surface area contributed by atoms with Crippen molar-refractivity contribution in [3.8, 4) is 0 Å². The summed E-state index contributed by atoms with van der Waals surface area (Å²) >= 11 is 0. The molecule has 26 heavy (non-hydrogen) atoms. The second kappa shape index (κ2) is 10.3. The molecule has 0 aromatic heterocycles. The zero-order chi connectivity index (χ0) is 20.6. The molecule has 14 heteroatoms. The van der Waals surface area contributed by atoms with Gasteiger partial charge in [0.2, 0.25) is 5.50 Å². The fourth-order valence-electron chi connectivity index (χ4n) is 1.28. The van der Waals surface area contributed by atoms with Crippen LogP contribution in [0.4, 0.5) is 0 Å². The van der Waals surface area contributed by atoms with Crippen LogP contribution in [0.2, 0.25) is 0 Å². The third-order valence-electron chi connectivity index (χ3n) is 2.48. The van der Waals surface area contributed by atoms with Crippen LogP contribution in [0.25, 0.3) is 0 Å². The maximum Gasteiger partial charge on any atom is 0.395 e. The summed E-state index contributed by atoms with van der Waals surface area (Å²) in [6, 6.07) is 0. The van der Waals surface area contributed by atoms with Crippen LogP contribution in [0.1, 0.15) is 19.8 Å². The minimum absolute atomic E-state index is 0.0320. The van der Waals surface area contributed by atoms with Crippen LogP contribution in [-0.4, -0.2) is 56.6 Å². The highest BCUT2D eigenvalue weighted by Crippen LogP contribution is 2.56. The standard InChI is InChI=1S/C12H21O11PS2/c1-10(2)12(13)23-11(3)24(14,21-6-4-8-25(15,16)17)22-7-5-9-26(18,19)20/h1,3-9H2,2H3,(H,15,16,17)(H,18,19,20). The molecule has 0 bridgehead atoms. The quantitative estimate of drug-likeness (QED) is 0.107. The van der Waals surface area contributed by atoms with E-state index >= 15 is 0 Å². The number of rotatable bonds is 13. The number of ether oxygens (including phenoxy) is 1. The second-order valence-electron chi connectivity index (χ2n) is 5.01. The Balaban J connectivity index is 4.94. The maximum absolute atomic E-state index is 12.6. The van der Waals surface area contributed by atoms with Gasteiger partial charge in [0.05, 0.1) is 24.7 Å². The van der Waals surface area contributed by atoms with E-state index in [-0.39, 0.29) is 18.4 Å². The van der Waals surface area contributed by atoms with E-state index in [1.54, 1.807) is 0 Å². The monoisotopic (exact) mass is 436 g/mol. The van der Waals surface area contributed by atoms with Crippen molar-refractivity contribution in [1.82, 2.24) is 0 Å². The van der Waals surface area contributed by atoms with Crippen LogP contribution in [0.3, 0.4) is 0 Å². The molecule has 2 N–H and O–H groups in total. The van der Waals surface area contributed by atoms with Crippen molar-refractivity contribution in [2.24, 2.45) is 0 Å². The molecule has 0 amide bonds. The van der Waals surface area contributed by atoms with Crippen molar-refractivity contribution < 1.29 is 49.1 Å². The highest BCUT2D eigenvalue weighted by atomic mass is 32.2. The lowest BCUT2D eigenvalue weighted by Crippen LogP contribution is -2.12. The molecule has 0 atom stereocenters. The second-order valence-corrected chi connectivity index (χ2v) is 10.2. The fraction of sp³-hybridized carbons (Fsp3) is 0.583. The number of esters is 1. The minimum Gasteiger partial charge on any atom is -0.415 e. The van der Waals surface area contributed by atoms with Gasteiger partial charge in [-0.1, -0.05) is 6.58 Å². The van der Waals surface area contributed by atoms with Gasteiger partial charge in [-0.05, 0) is 26.3 Å². The van der Waals surface area contributed by atoms with E-state index in [9.17, 15) is 26.2 Å². The van der Waals surface area contributed by atoms with Gasteiger partial charge in [0.15, 0.2) is 0 Å². The molecule has 0 unspecified atom stereocenters. The average molecular weight is 436 g/mol. The topological polar surface area (TPSA) is 171 Å². The van der Waals surface area contributed by atoms with Gasteiger partial charge in [-0.2, -0.15) is 16.8 Å². The van der Waals surface area contributed by atoms with E-state index in [1.807, 2.05) is 0 Å². The molecule has 0 aromatic carbocycles. The van der Waals surface area contributed by atoms with Gasteiger partial charge in [-0.3, -0.25) is 13.7 Å². The smallest absolute Gasteiger partial charge is 0.395 e. The molecule has 0 aliphatic rings. The SMILES string of the molecule is C=C(C)C(=O)OC(=C)P(=O)(OCCCS(=O)(=O)O)OCCCS(=O)(=O)O. The highest BCUT2D eigenvalue weighted by molar-refractivity contribution is 7.86. The lowest BCUT2D eigenvalue weighted by atomic mass is 10.4. The van der Waals surface area contributed by atoms with Gasteiger partial charge in [-0.15, -0.1) is 0 Å². The van der Waals surface area contributed by atoms with Gasteiger partial charge >= 0.3 is 13.6 Å². The van der Waals surface area contributed by atoms with Gasteiger partial charge < -0.3 is 13.8 Å². The van der Waals surface area contributed by atoms with Crippen LogP contribution < -0.4 is 0 Å². The van der Waals surface area contributed by atoms with E-state index in [0.717, 1.165) is 0 Å². The number of hydrogen-bond acceptors (Lipinski definition) is 9. The summed E-state index contributed by atoms with van der Waals surface area (Å²) in [6.07, 6.45) is -0.502. The Morgan fingerprint density at radius 2 is 1.35 bits per heavy atom. The van der Waals surface area contributed by atoms with Crippen LogP contribution in [0, 0.1) is 0 Å². The van der Waals surface area contributed by atoms with Crippen molar-refractivity contribution in [2.75, 3.05) is 24.7 Å². The van der Waals surface area contributed by atoms with Gasteiger partial charge in [-0.25, -0.2) is 4.79 Å². The first-order valence-electron chi connectivity index (χ1n) is 7.03. The number of hydrogen-bond donors (Lipinski definition) is 2. The first-order chi connectivity index (χ1) is 11.7. The predicted molar refractivity (Wildman–Crippen MR) is 91.6 cm³/mol. The largest absolute Gasteiger partial charge is 0.415 e. The Hall–Kier alpha value is -1.08. The minimum atomic E-state index is -4.30. The van der Waals surface area contributed by atoms with Crippen molar-refractivity contribution in [1.29, 1.82) is 0 Å². The lowest BCUT2D eigenvalue weighted by Gasteiger charge is -2.19. The summed E-state index contributed by atoms with van der Waals surface area (Å²) in [4.78, 5) is 11.5. The molecule has 0 fully saturated rings. The van der Waals surface area contributed by atoms with E-state index in [2.05, 4.69) is 13.2 Å². The summed E-state index contributed by atoms with van der Waals surface area (Å²) in [7, 11) is -12.8. The molecule has 0 radical (unpaired) electrons. The average Bonchev–Trinajstić information content (AvgIpc) is 2.46. The zero-order valence-corrected chi connectivity index (χ0v) is 16.5. The molecular formula is C12H21O11PS2. The van der Waals surface area contributed by atoms with Crippen LogP contribution in [-0.2, 0) is 43.4 Å². The maximum atomic E-state index is 12.6. The summed E-state index contributed by atoms with van der Waals surface area (Å²) in [5.41, 5.74) is -0.736. The van der Waals surface area contributed by atoms with E-state index < -0.39 is 64.0 Å². The summed E-state index contributed by atoms with van der Waals surface area (Å²) in [5.74, 6) is -2.31. The first-order valence-corrected chi connectivity index (χ1v) is 11.8. The Labute approximate surface area is 152 Å². The van der Waals surface area contributed by atoms with E-state index in [0.29, 0.717) is 0 Å². The van der Waals surface area contributed by atoms with Crippen molar-refractivity contribution in [2.45, 2.75) is 19.8 Å².